The van der Waals surface area contributed by atoms with E-state index in [0.29, 0.717) is 29.1 Å². The van der Waals surface area contributed by atoms with Gasteiger partial charge in [0.1, 0.15) is 5.75 Å². The smallest absolute Gasteiger partial charge is 0.416 e. The zero-order valence-electron chi connectivity index (χ0n) is 15.7. The van der Waals surface area contributed by atoms with Crippen molar-refractivity contribution in [1.82, 2.24) is 20.8 Å². The second-order valence-corrected chi connectivity index (χ2v) is 6.27. The zero-order chi connectivity index (χ0) is 21.0. The van der Waals surface area contributed by atoms with Crippen LogP contribution in [-0.4, -0.2) is 66.6 Å². The lowest BCUT2D eigenvalue weighted by atomic mass is 10.1. The van der Waals surface area contributed by atoms with Gasteiger partial charge in [0.25, 0.3) is 5.91 Å². The Morgan fingerprint density at radius 3 is 2.93 bits per heavy atom. The van der Waals surface area contributed by atoms with Crippen molar-refractivity contribution in [2.24, 2.45) is 5.10 Å². The van der Waals surface area contributed by atoms with Gasteiger partial charge in [0.2, 0.25) is 0 Å². The normalized spacial score (nSPS) is 17.6. The molecular formula is C17H19F3N6O3. The number of methoxy groups -OCH3 is 1. The van der Waals surface area contributed by atoms with Crippen molar-refractivity contribution in [2.45, 2.75) is 19.2 Å². The molecule has 156 valence electrons. The van der Waals surface area contributed by atoms with Crippen LogP contribution in [0, 0.1) is 6.92 Å². The van der Waals surface area contributed by atoms with Crippen LogP contribution in [-0.2, 0) is 4.74 Å². The Kier molecular flexibility index (Phi) is 6.01. The fraction of sp³-hybridized carbons (Fsp3) is 0.412. The van der Waals surface area contributed by atoms with Gasteiger partial charge in [0, 0.05) is 23.4 Å². The summed E-state index contributed by atoms with van der Waals surface area (Å²) in [5.41, 5.74) is 4.17. The summed E-state index contributed by atoms with van der Waals surface area (Å²) >= 11 is 0. The number of aromatic nitrogens is 3. The van der Waals surface area contributed by atoms with Crippen LogP contribution in [0.25, 0.3) is 0 Å². The van der Waals surface area contributed by atoms with E-state index in [1.54, 1.807) is 24.0 Å². The van der Waals surface area contributed by atoms with Gasteiger partial charge in [-0.05, 0) is 19.1 Å². The summed E-state index contributed by atoms with van der Waals surface area (Å²) < 4.78 is 49.4. The zero-order valence-corrected chi connectivity index (χ0v) is 15.7. The summed E-state index contributed by atoms with van der Waals surface area (Å²) in [4.78, 5) is 13.4. The monoisotopic (exact) mass is 412 g/mol. The highest BCUT2D eigenvalue weighted by molar-refractivity contribution is 5.93. The number of anilines is 1. The third kappa shape index (κ3) is 4.83. The summed E-state index contributed by atoms with van der Waals surface area (Å²) in [6.07, 6.45) is -3.69. The molecule has 1 aromatic heterocycles. The van der Waals surface area contributed by atoms with Crippen LogP contribution < -0.4 is 15.1 Å². The average molecular weight is 412 g/mol. The molecule has 2 heterocycles. The van der Waals surface area contributed by atoms with E-state index in [0.717, 1.165) is 0 Å². The Morgan fingerprint density at radius 1 is 1.48 bits per heavy atom. The summed E-state index contributed by atoms with van der Waals surface area (Å²) in [7, 11) is 1.47. The predicted molar refractivity (Wildman–Crippen MR) is 97.2 cm³/mol. The molecule has 12 heteroatoms. The molecule has 29 heavy (non-hydrogen) atoms. The number of carbonyl (C=O) groups is 1. The number of carbonyl (C=O) groups excluding carboxylic acids is 1. The molecule has 3 rings (SSSR count). The fourth-order valence-corrected chi connectivity index (χ4v) is 2.91. The minimum atomic E-state index is -4.44. The van der Waals surface area contributed by atoms with Crippen LogP contribution in [0.5, 0.6) is 5.75 Å². The minimum Gasteiger partial charge on any atom is -0.496 e. The van der Waals surface area contributed by atoms with Gasteiger partial charge in [-0.1, -0.05) is 0 Å². The van der Waals surface area contributed by atoms with E-state index in [9.17, 15) is 18.0 Å². The molecule has 1 aromatic carbocycles. The first-order chi connectivity index (χ1) is 13.8. The molecule has 1 fully saturated rings. The number of alkyl halides is 3. The molecule has 2 N–H and O–H groups in total. The summed E-state index contributed by atoms with van der Waals surface area (Å²) in [5.74, 6) is -0.0719. The highest BCUT2D eigenvalue weighted by Crippen LogP contribution is 2.33. The van der Waals surface area contributed by atoms with Gasteiger partial charge in [-0.3, -0.25) is 4.79 Å². The molecule has 2 aromatic rings. The Bertz CT molecular complexity index is 885. The molecule has 9 nitrogen and oxygen atoms in total. The third-order valence-corrected chi connectivity index (χ3v) is 4.37. The van der Waals surface area contributed by atoms with E-state index in [-0.39, 0.29) is 18.8 Å². The van der Waals surface area contributed by atoms with Gasteiger partial charge in [-0.25, -0.2) is 5.43 Å². The van der Waals surface area contributed by atoms with Crippen LogP contribution >= 0.6 is 0 Å². The number of ether oxygens (including phenoxy) is 2. The first-order valence-corrected chi connectivity index (χ1v) is 8.60. The Morgan fingerprint density at radius 2 is 2.28 bits per heavy atom. The number of halogens is 3. The van der Waals surface area contributed by atoms with Crippen molar-refractivity contribution in [2.75, 3.05) is 31.7 Å². The molecule has 1 atom stereocenters. The third-order valence-electron chi connectivity index (χ3n) is 4.37. The number of hydrogen-bond donors (Lipinski definition) is 2. The van der Waals surface area contributed by atoms with Gasteiger partial charge >= 0.3 is 6.18 Å². The van der Waals surface area contributed by atoms with Crippen LogP contribution in [0.15, 0.2) is 23.4 Å². The quantitative estimate of drug-likeness (QED) is 0.572. The molecule has 1 aliphatic rings. The number of H-pyrrole nitrogens is 1. The first-order valence-electron chi connectivity index (χ1n) is 8.60. The van der Waals surface area contributed by atoms with Crippen molar-refractivity contribution in [3.05, 3.63) is 35.2 Å². The molecule has 1 aliphatic heterocycles. The molecular weight excluding hydrogens is 393 g/mol. The average Bonchev–Trinajstić information content (AvgIpc) is 3.23. The molecule has 0 radical (unpaired) electrons. The summed E-state index contributed by atoms with van der Waals surface area (Å²) in [6, 6.07) is 3.36. The van der Waals surface area contributed by atoms with E-state index < -0.39 is 18.2 Å². The number of hydrazone groups is 1. The number of rotatable bonds is 5. The van der Waals surface area contributed by atoms with Crippen LogP contribution in [0.1, 0.15) is 21.6 Å². The Labute approximate surface area is 163 Å². The summed E-state index contributed by atoms with van der Waals surface area (Å²) in [6.45, 7) is 1.70. The first kappa shape index (κ1) is 20.6. The maximum Gasteiger partial charge on any atom is 0.416 e. The Hall–Kier alpha value is -3.15. The number of morpholine rings is 1. The molecule has 0 spiro atoms. The maximum absolute atomic E-state index is 13.1. The van der Waals surface area contributed by atoms with Crippen molar-refractivity contribution < 1.29 is 27.4 Å². The lowest BCUT2D eigenvalue weighted by Gasteiger charge is -2.36. The predicted octanol–water partition coefficient (Wildman–Crippen LogP) is 1.65. The van der Waals surface area contributed by atoms with Gasteiger partial charge < -0.3 is 14.4 Å². The van der Waals surface area contributed by atoms with E-state index in [2.05, 4.69) is 25.9 Å². The number of hydrogen-bond acceptors (Lipinski definition) is 7. The van der Waals surface area contributed by atoms with Crippen LogP contribution in [0.4, 0.5) is 18.9 Å². The number of aromatic amines is 1. The highest BCUT2D eigenvalue weighted by Gasteiger charge is 2.43. The van der Waals surface area contributed by atoms with Crippen LogP contribution in [0.2, 0.25) is 0 Å². The number of benzene rings is 1. The molecule has 1 unspecified atom stereocenters. The molecule has 0 bridgehead atoms. The summed E-state index contributed by atoms with van der Waals surface area (Å²) in [5, 5.41) is 13.3. The van der Waals surface area contributed by atoms with E-state index in [4.69, 9.17) is 9.47 Å². The van der Waals surface area contributed by atoms with Crippen molar-refractivity contribution >= 4 is 17.8 Å². The van der Waals surface area contributed by atoms with Gasteiger partial charge in [-0.15, -0.1) is 0 Å². The van der Waals surface area contributed by atoms with E-state index in [1.165, 1.54) is 19.5 Å². The van der Waals surface area contributed by atoms with Crippen LogP contribution in [0.3, 0.4) is 0 Å². The fourth-order valence-electron chi connectivity index (χ4n) is 2.91. The van der Waals surface area contributed by atoms with E-state index >= 15 is 0 Å². The largest absolute Gasteiger partial charge is 0.496 e. The van der Waals surface area contributed by atoms with Crippen molar-refractivity contribution in [1.29, 1.82) is 0 Å². The second-order valence-electron chi connectivity index (χ2n) is 6.27. The maximum atomic E-state index is 13.1. The topological polar surface area (TPSA) is 105 Å². The van der Waals surface area contributed by atoms with Gasteiger partial charge in [0.05, 0.1) is 32.7 Å². The molecule has 1 amide bonds. The molecule has 0 saturated carbocycles. The lowest BCUT2D eigenvalue weighted by Crippen LogP contribution is -2.49. The minimum absolute atomic E-state index is 0.0436. The Balaban J connectivity index is 1.81. The van der Waals surface area contributed by atoms with Gasteiger partial charge in [0.15, 0.2) is 11.8 Å². The van der Waals surface area contributed by atoms with Crippen molar-refractivity contribution in [3.8, 4) is 5.75 Å². The lowest BCUT2D eigenvalue weighted by molar-refractivity contribution is -0.221. The highest BCUT2D eigenvalue weighted by atomic mass is 19.4. The SMILES string of the molecule is COc1cc(/C=N/NC(=O)c2cn[nH]n2)cc(N2CCOC(C(F)(F)F)C2)c1C. The molecule has 0 aliphatic carbocycles. The molecule has 1 saturated heterocycles. The number of nitrogens with one attached hydrogen (secondary N) is 2. The second kappa shape index (κ2) is 8.47. The van der Waals surface area contributed by atoms with E-state index in [1.807, 2.05) is 0 Å². The standard InChI is InChI=1S/C17H19F3N6O3/c1-10-13(26-3-4-29-15(9-26)17(18,19)20)5-11(6-14(10)28-2)7-21-24-16(27)12-8-22-25-23-12/h5-8,15H,3-4,9H2,1-2H3,(H,24,27)(H,22,23,25)/b21-7+. The number of amides is 1. The van der Waals surface area contributed by atoms with Gasteiger partial charge in [-0.2, -0.15) is 33.7 Å². The number of nitrogens with zero attached hydrogens (tertiary/aromatic N) is 4. The van der Waals surface area contributed by atoms with Crippen molar-refractivity contribution in [3.63, 3.8) is 0 Å².